The van der Waals surface area contributed by atoms with E-state index in [0.29, 0.717) is 27.7 Å². The SMILES string of the molecule is Cc1cc2c(cc1O)c(CO)cc1n[nH]c(=O)n12. The van der Waals surface area contributed by atoms with Crippen LogP contribution in [0, 0.1) is 6.92 Å². The number of pyridine rings is 1. The molecular formula is C12H11N3O3. The maximum Gasteiger partial charge on any atom is 0.348 e. The molecule has 0 aliphatic carbocycles. The molecule has 2 aromatic heterocycles. The van der Waals surface area contributed by atoms with Crippen molar-refractivity contribution in [1.82, 2.24) is 14.6 Å². The third-order valence-electron chi connectivity index (χ3n) is 3.07. The summed E-state index contributed by atoms with van der Waals surface area (Å²) in [5, 5.41) is 26.0. The van der Waals surface area contributed by atoms with Crippen molar-refractivity contribution < 1.29 is 10.2 Å². The Labute approximate surface area is 101 Å². The maximum absolute atomic E-state index is 11.7. The molecule has 3 rings (SSSR count). The molecule has 0 bridgehead atoms. The number of benzene rings is 1. The van der Waals surface area contributed by atoms with E-state index in [1.54, 1.807) is 25.1 Å². The topological polar surface area (TPSA) is 90.6 Å². The van der Waals surface area contributed by atoms with E-state index < -0.39 is 0 Å². The Hall–Kier alpha value is -2.34. The predicted molar refractivity (Wildman–Crippen MR) is 65.6 cm³/mol. The van der Waals surface area contributed by atoms with E-state index in [9.17, 15) is 15.0 Å². The number of hydrogen-bond acceptors (Lipinski definition) is 4. The van der Waals surface area contributed by atoms with Crippen LogP contribution in [0.15, 0.2) is 23.0 Å². The van der Waals surface area contributed by atoms with E-state index in [-0.39, 0.29) is 18.0 Å². The summed E-state index contributed by atoms with van der Waals surface area (Å²) in [7, 11) is 0. The van der Waals surface area contributed by atoms with Crippen molar-refractivity contribution in [2.75, 3.05) is 0 Å². The summed E-state index contributed by atoms with van der Waals surface area (Å²) in [4.78, 5) is 11.7. The van der Waals surface area contributed by atoms with E-state index in [4.69, 9.17) is 0 Å². The van der Waals surface area contributed by atoms with Crippen LogP contribution in [0.25, 0.3) is 16.6 Å². The van der Waals surface area contributed by atoms with E-state index in [2.05, 4.69) is 10.2 Å². The molecule has 3 aromatic rings. The van der Waals surface area contributed by atoms with Gasteiger partial charge in [-0.1, -0.05) is 0 Å². The van der Waals surface area contributed by atoms with Crippen LogP contribution in [0.1, 0.15) is 11.1 Å². The molecular weight excluding hydrogens is 234 g/mol. The lowest BCUT2D eigenvalue weighted by Gasteiger charge is -2.08. The molecule has 6 heteroatoms. The van der Waals surface area contributed by atoms with Crippen molar-refractivity contribution in [3.63, 3.8) is 0 Å². The highest BCUT2D eigenvalue weighted by Gasteiger charge is 2.11. The average Bonchev–Trinajstić information content (AvgIpc) is 2.72. The summed E-state index contributed by atoms with van der Waals surface area (Å²) in [5.41, 5.74) is 2.00. The highest BCUT2D eigenvalue weighted by molar-refractivity contribution is 5.87. The fraction of sp³-hybridized carbons (Fsp3) is 0.167. The summed E-state index contributed by atoms with van der Waals surface area (Å²) < 4.78 is 1.42. The molecule has 92 valence electrons. The predicted octanol–water partition coefficient (Wildman–Crippen LogP) is 0.682. The summed E-state index contributed by atoms with van der Waals surface area (Å²) in [6.07, 6.45) is 0. The fourth-order valence-corrected chi connectivity index (χ4v) is 2.13. The molecule has 18 heavy (non-hydrogen) atoms. The number of aromatic nitrogens is 3. The monoisotopic (exact) mass is 245 g/mol. The second kappa shape index (κ2) is 3.58. The molecule has 3 N–H and O–H groups in total. The molecule has 6 nitrogen and oxygen atoms in total. The van der Waals surface area contributed by atoms with Crippen molar-refractivity contribution in [2.24, 2.45) is 0 Å². The van der Waals surface area contributed by atoms with Crippen LogP contribution in [-0.2, 0) is 6.61 Å². The fourth-order valence-electron chi connectivity index (χ4n) is 2.13. The molecule has 0 radical (unpaired) electrons. The minimum atomic E-state index is -0.343. The van der Waals surface area contributed by atoms with E-state index in [1.807, 2.05) is 0 Å². The zero-order valence-electron chi connectivity index (χ0n) is 9.64. The van der Waals surface area contributed by atoms with Gasteiger partial charge in [-0.25, -0.2) is 14.3 Å². The van der Waals surface area contributed by atoms with Crippen LogP contribution in [-0.4, -0.2) is 24.8 Å². The molecule has 0 atom stereocenters. The number of H-pyrrole nitrogens is 1. The van der Waals surface area contributed by atoms with Crippen molar-refractivity contribution >= 4 is 16.6 Å². The summed E-state index contributed by atoms with van der Waals surface area (Å²) >= 11 is 0. The highest BCUT2D eigenvalue weighted by atomic mass is 16.3. The number of fused-ring (bicyclic) bond motifs is 3. The number of aliphatic hydroxyl groups excluding tert-OH is 1. The first kappa shape index (κ1) is 10.8. The molecule has 0 saturated heterocycles. The van der Waals surface area contributed by atoms with Gasteiger partial charge < -0.3 is 10.2 Å². The van der Waals surface area contributed by atoms with E-state index in [1.165, 1.54) is 4.40 Å². The lowest BCUT2D eigenvalue weighted by atomic mass is 10.1. The Morgan fingerprint density at radius 3 is 2.89 bits per heavy atom. The van der Waals surface area contributed by atoms with Crippen molar-refractivity contribution in [3.05, 3.63) is 39.8 Å². The third-order valence-corrected chi connectivity index (χ3v) is 3.07. The first-order valence-electron chi connectivity index (χ1n) is 5.45. The molecule has 0 unspecified atom stereocenters. The van der Waals surface area contributed by atoms with E-state index >= 15 is 0 Å². The van der Waals surface area contributed by atoms with Crippen LogP contribution < -0.4 is 5.69 Å². The molecule has 0 aliphatic heterocycles. The number of nitrogens with zero attached hydrogens (tertiary/aromatic N) is 2. The molecule has 0 saturated carbocycles. The van der Waals surface area contributed by atoms with Crippen LogP contribution in [0.3, 0.4) is 0 Å². The lowest BCUT2D eigenvalue weighted by Crippen LogP contribution is -2.10. The minimum absolute atomic E-state index is 0.132. The van der Waals surface area contributed by atoms with Crippen LogP contribution in [0.5, 0.6) is 5.75 Å². The van der Waals surface area contributed by atoms with Crippen molar-refractivity contribution in [1.29, 1.82) is 0 Å². The number of rotatable bonds is 1. The van der Waals surface area contributed by atoms with Crippen molar-refractivity contribution in [3.8, 4) is 5.75 Å². The highest BCUT2D eigenvalue weighted by Crippen LogP contribution is 2.27. The first-order valence-corrected chi connectivity index (χ1v) is 5.45. The van der Waals surface area contributed by atoms with Gasteiger partial charge >= 0.3 is 5.69 Å². The van der Waals surface area contributed by atoms with Gasteiger partial charge in [-0.3, -0.25) is 0 Å². The van der Waals surface area contributed by atoms with Crippen molar-refractivity contribution in [2.45, 2.75) is 13.5 Å². The molecule has 1 aromatic carbocycles. The van der Waals surface area contributed by atoms with Gasteiger partial charge in [0.2, 0.25) is 0 Å². The van der Waals surface area contributed by atoms with E-state index in [0.717, 1.165) is 0 Å². The van der Waals surface area contributed by atoms with Gasteiger partial charge in [-0.2, -0.15) is 5.10 Å². The summed E-state index contributed by atoms with van der Waals surface area (Å²) in [6, 6.07) is 4.87. The van der Waals surface area contributed by atoms with Gasteiger partial charge in [0, 0.05) is 5.39 Å². The van der Waals surface area contributed by atoms with Crippen LogP contribution >= 0.6 is 0 Å². The lowest BCUT2D eigenvalue weighted by molar-refractivity contribution is 0.283. The van der Waals surface area contributed by atoms with Gasteiger partial charge in [-0.15, -0.1) is 0 Å². The Balaban J connectivity index is 2.63. The summed E-state index contributed by atoms with van der Waals surface area (Å²) in [6.45, 7) is 1.56. The van der Waals surface area contributed by atoms with Gasteiger partial charge in [0.25, 0.3) is 0 Å². The number of hydrogen-bond donors (Lipinski definition) is 3. The molecule has 0 spiro atoms. The molecule has 2 heterocycles. The first-order chi connectivity index (χ1) is 8.61. The smallest absolute Gasteiger partial charge is 0.348 e. The standard InChI is InChI=1S/C12H11N3O3/c1-6-2-9-8(4-10(6)17)7(5-16)3-11-13-14-12(18)15(9)11/h2-4,16-17H,5H2,1H3,(H,14,18). The summed E-state index contributed by atoms with van der Waals surface area (Å²) in [5.74, 6) is 0.132. The Morgan fingerprint density at radius 1 is 1.39 bits per heavy atom. The Morgan fingerprint density at radius 2 is 2.17 bits per heavy atom. The van der Waals surface area contributed by atoms with Gasteiger partial charge in [0.1, 0.15) is 5.75 Å². The van der Waals surface area contributed by atoms with Gasteiger partial charge in [-0.05, 0) is 36.2 Å². The third kappa shape index (κ3) is 1.32. The molecule has 0 fully saturated rings. The van der Waals surface area contributed by atoms with Gasteiger partial charge in [0.15, 0.2) is 5.65 Å². The number of aromatic hydroxyl groups is 1. The second-order valence-corrected chi connectivity index (χ2v) is 4.21. The normalized spacial score (nSPS) is 11.4. The number of nitrogens with one attached hydrogen (secondary N) is 1. The quantitative estimate of drug-likeness (QED) is 0.588. The number of aromatic amines is 1. The Kier molecular flexibility index (Phi) is 2.14. The number of phenolic OH excluding ortho intramolecular Hbond substituents is 1. The van der Waals surface area contributed by atoms with Crippen LogP contribution in [0.4, 0.5) is 0 Å². The zero-order chi connectivity index (χ0) is 12.9. The maximum atomic E-state index is 11.7. The average molecular weight is 245 g/mol. The zero-order valence-corrected chi connectivity index (χ0v) is 9.64. The Bertz CT molecular complexity index is 817. The largest absolute Gasteiger partial charge is 0.508 e. The van der Waals surface area contributed by atoms with Gasteiger partial charge in [0.05, 0.1) is 12.1 Å². The molecule has 0 aliphatic rings. The number of aryl methyl sites for hydroxylation is 1. The number of phenols is 1. The second-order valence-electron chi connectivity index (χ2n) is 4.21. The number of aliphatic hydroxyl groups is 1. The minimum Gasteiger partial charge on any atom is -0.508 e. The van der Waals surface area contributed by atoms with Crippen LogP contribution in [0.2, 0.25) is 0 Å². The molecule has 0 amide bonds.